The fourth-order valence-electron chi connectivity index (χ4n) is 1.57. The molecule has 88 valence electrons. The van der Waals surface area contributed by atoms with Gasteiger partial charge in [-0.15, -0.1) is 0 Å². The average Bonchev–Trinajstić information content (AvgIpc) is 2.49. The molecular formula is C11H20Br2N2. The van der Waals surface area contributed by atoms with Crippen LogP contribution in [0.1, 0.15) is 31.5 Å². The van der Waals surface area contributed by atoms with Crippen LogP contribution in [0.4, 0.5) is 0 Å². The van der Waals surface area contributed by atoms with E-state index < -0.39 is 0 Å². The van der Waals surface area contributed by atoms with Crippen LogP contribution in [0.3, 0.4) is 0 Å². The molecule has 0 aromatic carbocycles. The zero-order valence-corrected chi connectivity index (χ0v) is 12.7. The van der Waals surface area contributed by atoms with Gasteiger partial charge in [0.25, 0.3) is 5.82 Å². The molecule has 1 aromatic heterocycles. The van der Waals surface area contributed by atoms with Crippen molar-refractivity contribution in [3.63, 3.8) is 0 Å². The van der Waals surface area contributed by atoms with Crippen molar-refractivity contribution in [2.24, 2.45) is 7.05 Å². The molecule has 0 unspecified atom stereocenters. The molecule has 1 aromatic rings. The SMILES string of the molecule is Cc1n(CCCCCCBr)cc[n+]1C.[Br-]. The molecule has 0 fully saturated rings. The highest BCUT2D eigenvalue weighted by Crippen LogP contribution is 2.04. The Bertz CT molecular complexity index is 272. The second-order valence-corrected chi connectivity index (χ2v) is 4.55. The van der Waals surface area contributed by atoms with Crippen molar-refractivity contribution >= 4 is 15.9 Å². The van der Waals surface area contributed by atoms with Gasteiger partial charge in [-0.2, -0.15) is 0 Å². The average molecular weight is 340 g/mol. The van der Waals surface area contributed by atoms with E-state index in [4.69, 9.17) is 0 Å². The van der Waals surface area contributed by atoms with E-state index in [-0.39, 0.29) is 17.0 Å². The second-order valence-electron chi connectivity index (χ2n) is 3.75. The largest absolute Gasteiger partial charge is 1.00 e. The minimum absolute atomic E-state index is 0. The van der Waals surface area contributed by atoms with Crippen molar-refractivity contribution in [2.75, 3.05) is 5.33 Å². The van der Waals surface area contributed by atoms with Gasteiger partial charge < -0.3 is 17.0 Å². The van der Waals surface area contributed by atoms with E-state index in [1.54, 1.807) is 0 Å². The first-order valence-corrected chi connectivity index (χ1v) is 6.45. The highest BCUT2D eigenvalue weighted by atomic mass is 79.9. The zero-order valence-electron chi connectivity index (χ0n) is 9.55. The van der Waals surface area contributed by atoms with Gasteiger partial charge in [0.15, 0.2) is 0 Å². The number of imidazole rings is 1. The first kappa shape index (κ1) is 15.2. The Morgan fingerprint density at radius 3 is 2.47 bits per heavy atom. The fraction of sp³-hybridized carbons (Fsp3) is 0.727. The van der Waals surface area contributed by atoms with Crippen LogP contribution in [-0.4, -0.2) is 9.90 Å². The van der Waals surface area contributed by atoms with Gasteiger partial charge in [-0.1, -0.05) is 22.4 Å². The molecule has 0 radical (unpaired) electrons. The first-order valence-electron chi connectivity index (χ1n) is 5.33. The molecule has 0 aliphatic rings. The monoisotopic (exact) mass is 338 g/mol. The normalized spacial score (nSPS) is 10.1. The lowest BCUT2D eigenvalue weighted by Crippen LogP contribution is -3.00. The Morgan fingerprint density at radius 1 is 1.27 bits per heavy atom. The molecule has 15 heavy (non-hydrogen) atoms. The predicted octanol–water partition coefficient (Wildman–Crippen LogP) is -0.420. The lowest BCUT2D eigenvalue weighted by Gasteiger charge is -1.99. The molecule has 0 atom stereocenters. The summed E-state index contributed by atoms with van der Waals surface area (Å²) >= 11 is 3.45. The van der Waals surface area contributed by atoms with Gasteiger partial charge in [-0.05, 0) is 19.3 Å². The van der Waals surface area contributed by atoms with E-state index in [0.717, 1.165) is 11.9 Å². The highest BCUT2D eigenvalue weighted by molar-refractivity contribution is 9.09. The number of nitrogens with zero attached hydrogens (tertiary/aromatic N) is 2. The van der Waals surface area contributed by atoms with Crippen molar-refractivity contribution in [3.8, 4) is 0 Å². The van der Waals surface area contributed by atoms with Crippen LogP contribution in [0.5, 0.6) is 0 Å². The van der Waals surface area contributed by atoms with Gasteiger partial charge in [0, 0.05) is 12.3 Å². The van der Waals surface area contributed by atoms with Gasteiger partial charge in [-0.25, -0.2) is 9.13 Å². The van der Waals surface area contributed by atoms with Crippen LogP contribution in [0.15, 0.2) is 12.4 Å². The second kappa shape index (κ2) is 8.34. The Labute approximate surface area is 112 Å². The molecule has 0 saturated carbocycles. The summed E-state index contributed by atoms with van der Waals surface area (Å²) in [6, 6.07) is 0. The number of hydrogen-bond donors (Lipinski definition) is 0. The molecule has 0 saturated heterocycles. The van der Waals surface area contributed by atoms with E-state index in [1.165, 1.54) is 31.5 Å². The van der Waals surface area contributed by atoms with Crippen molar-refractivity contribution < 1.29 is 21.5 Å². The Morgan fingerprint density at radius 2 is 1.93 bits per heavy atom. The van der Waals surface area contributed by atoms with Gasteiger partial charge in [-0.3, -0.25) is 0 Å². The number of unbranched alkanes of at least 4 members (excludes halogenated alkanes) is 3. The fourth-order valence-corrected chi connectivity index (χ4v) is 1.96. The highest BCUT2D eigenvalue weighted by Gasteiger charge is 2.06. The summed E-state index contributed by atoms with van der Waals surface area (Å²) in [7, 11) is 2.09. The summed E-state index contributed by atoms with van der Waals surface area (Å²) in [5.74, 6) is 1.34. The Balaban J connectivity index is 0.00000196. The smallest absolute Gasteiger partial charge is 0.253 e. The van der Waals surface area contributed by atoms with E-state index in [2.05, 4.69) is 51.4 Å². The molecule has 2 nitrogen and oxygen atoms in total. The molecule has 0 aliphatic carbocycles. The van der Waals surface area contributed by atoms with Crippen LogP contribution in [-0.2, 0) is 13.6 Å². The third-order valence-electron chi connectivity index (χ3n) is 2.68. The lowest BCUT2D eigenvalue weighted by molar-refractivity contribution is -0.677. The summed E-state index contributed by atoms with van der Waals surface area (Å²) < 4.78 is 4.49. The summed E-state index contributed by atoms with van der Waals surface area (Å²) in [5, 5.41) is 1.14. The molecule has 4 heteroatoms. The molecule has 0 N–H and O–H groups in total. The number of hydrogen-bond acceptors (Lipinski definition) is 0. The maximum atomic E-state index is 3.45. The van der Waals surface area contributed by atoms with Crippen molar-refractivity contribution in [3.05, 3.63) is 18.2 Å². The summed E-state index contributed by atoms with van der Waals surface area (Å²) in [4.78, 5) is 0. The van der Waals surface area contributed by atoms with E-state index in [9.17, 15) is 0 Å². The maximum Gasteiger partial charge on any atom is 0.253 e. The van der Waals surface area contributed by atoms with Gasteiger partial charge >= 0.3 is 0 Å². The van der Waals surface area contributed by atoms with Gasteiger partial charge in [0.1, 0.15) is 12.4 Å². The van der Waals surface area contributed by atoms with Crippen LogP contribution < -0.4 is 21.5 Å². The summed E-state index contributed by atoms with van der Waals surface area (Å²) in [6.45, 7) is 3.33. The van der Waals surface area contributed by atoms with Crippen LogP contribution in [0.2, 0.25) is 0 Å². The third-order valence-corrected chi connectivity index (χ3v) is 3.24. The number of halogens is 2. The molecule has 0 aliphatic heterocycles. The van der Waals surface area contributed by atoms with E-state index in [1.807, 2.05) is 0 Å². The molecular weight excluding hydrogens is 320 g/mol. The van der Waals surface area contributed by atoms with Crippen LogP contribution in [0, 0.1) is 6.92 Å². The minimum Gasteiger partial charge on any atom is -1.00 e. The molecule has 0 spiro atoms. The molecule has 1 heterocycles. The Hall–Kier alpha value is 0.170. The van der Waals surface area contributed by atoms with Crippen LogP contribution in [0.25, 0.3) is 0 Å². The van der Waals surface area contributed by atoms with E-state index >= 15 is 0 Å². The third kappa shape index (κ3) is 5.16. The number of alkyl halides is 1. The minimum atomic E-state index is 0. The maximum absolute atomic E-state index is 3.45. The lowest BCUT2D eigenvalue weighted by atomic mass is 10.2. The van der Waals surface area contributed by atoms with Crippen molar-refractivity contribution in [1.29, 1.82) is 0 Å². The van der Waals surface area contributed by atoms with Gasteiger partial charge in [0.2, 0.25) is 0 Å². The number of rotatable bonds is 6. The number of aromatic nitrogens is 2. The first-order chi connectivity index (χ1) is 6.75. The zero-order chi connectivity index (χ0) is 10.4. The molecule has 0 bridgehead atoms. The topological polar surface area (TPSA) is 8.81 Å². The van der Waals surface area contributed by atoms with Crippen molar-refractivity contribution in [1.82, 2.24) is 4.57 Å². The molecule has 0 amide bonds. The Kier molecular flexibility index (Phi) is 8.43. The van der Waals surface area contributed by atoms with Crippen molar-refractivity contribution in [2.45, 2.75) is 39.2 Å². The summed E-state index contributed by atoms with van der Waals surface area (Å²) in [5.41, 5.74) is 0. The standard InChI is InChI=1S/C11H20BrN2.BrH/c1-11-13(2)9-10-14(11)8-6-4-3-5-7-12;/h9-10H,3-8H2,1-2H3;1H/q+1;/p-1. The van der Waals surface area contributed by atoms with E-state index in [0.29, 0.717) is 0 Å². The number of aryl methyl sites for hydroxylation is 2. The quantitative estimate of drug-likeness (QED) is 0.378. The van der Waals surface area contributed by atoms with Crippen LogP contribution >= 0.6 is 15.9 Å². The molecule has 1 rings (SSSR count). The predicted molar refractivity (Wildman–Crippen MR) is 62.6 cm³/mol. The summed E-state index contributed by atoms with van der Waals surface area (Å²) in [6.07, 6.45) is 9.57. The van der Waals surface area contributed by atoms with Gasteiger partial charge in [0.05, 0.1) is 13.6 Å².